The number of hydrogen-bond donors (Lipinski definition) is 1. The fourth-order valence-corrected chi connectivity index (χ4v) is 3.00. The third kappa shape index (κ3) is 1.23. The predicted octanol–water partition coefficient (Wildman–Crippen LogP) is 1.92. The van der Waals surface area contributed by atoms with Gasteiger partial charge in [-0.2, -0.15) is 0 Å². The van der Waals surface area contributed by atoms with E-state index in [1.807, 2.05) is 6.07 Å². The number of nitrogens with one attached hydrogen (secondary N) is 1. The van der Waals surface area contributed by atoms with Crippen molar-refractivity contribution in [2.24, 2.45) is 5.92 Å². The molecule has 74 valence electrons. The van der Waals surface area contributed by atoms with Gasteiger partial charge < -0.3 is 9.88 Å². The minimum atomic E-state index is 0.686. The van der Waals surface area contributed by atoms with Crippen LogP contribution in [0.4, 0.5) is 0 Å². The molecule has 2 unspecified atom stereocenters. The van der Waals surface area contributed by atoms with Gasteiger partial charge in [-0.3, -0.25) is 0 Å². The molecule has 2 aliphatic rings. The average Bonchev–Trinajstić information content (AvgIpc) is 2.20. The molecule has 0 radical (unpaired) electrons. The summed E-state index contributed by atoms with van der Waals surface area (Å²) in [6.45, 7) is 3.39. The van der Waals surface area contributed by atoms with Crippen LogP contribution in [0, 0.1) is 10.6 Å². The van der Waals surface area contributed by atoms with Crippen molar-refractivity contribution in [1.82, 2.24) is 9.88 Å². The molecule has 3 rings (SSSR count). The van der Waals surface area contributed by atoms with E-state index < -0.39 is 0 Å². The first-order chi connectivity index (χ1) is 6.84. The van der Waals surface area contributed by atoms with Gasteiger partial charge in [0, 0.05) is 24.7 Å². The molecule has 1 N–H and O–H groups in total. The van der Waals surface area contributed by atoms with E-state index >= 15 is 0 Å². The lowest BCUT2D eigenvalue weighted by molar-refractivity contribution is 0.259. The van der Waals surface area contributed by atoms with Crippen molar-refractivity contribution >= 4 is 12.2 Å². The van der Waals surface area contributed by atoms with Crippen LogP contribution >= 0.6 is 12.2 Å². The Kier molecular flexibility index (Phi) is 1.96. The Morgan fingerprint density at radius 1 is 1.36 bits per heavy atom. The standard InChI is InChI=1S/C11H14N2S/c14-11-3-1-2-10-9-4-8(5-12-6-9)7-13(10)11/h1-3,8-9,12H,4-7H2. The number of aromatic nitrogens is 1. The zero-order chi connectivity index (χ0) is 9.54. The molecule has 0 aromatic carbocycles. The quantitative estimate of drug-likeness (QED) is 0.653. The van der Waals surface area contributed by atoms with Crippen LogP contribution < -0.4 is 5.32 Å². The first kappa shape index (κ1) is 8.62. The average molecular weight is 206 g/mol. The third-order valence-electron chi connectivity index (χ3n) is 3.38. The molecule has 2 nitrogen and oxygen atoms in total. The number of fused-ring (bicyclic) bond motifs is 4. The summed E-state index contributed by atoms with van der Waals surface area (Å²) in [4.78, 5) is 0. The molecule has 0 amide bonds. The highest BCUT2D eigenvalue weighted by Crippen LogP contribution is 2.32. The summed E-state index contributed by atoms with van der Waals surface area (Å²) in [5.41, 5.74) is 1.43. The normalized spacial score (nSPS) is 29.7. The van der Waals surface area contributed by atoms with Gasteiger partial charge in [0.25, 0.3) is 0 Å². The van der Waals surface area contributed by atoms with E-state index in [0.717, 1.165) is 30.2 Å². The zero-order valence-corrected chi connectivity index (χ0v) is 8.89. The molecule has 14 heavy (non-hydrogen) atoms. The molecule has 1 fully saturated rings. The second kappa shape index (κ2) is 3.17. The first-order valence-electron chi connectivity index (χ1n) is 5.25. The second-order valence-electron chi connectivity index (χ2n) is 4.36. The van der Waals surface area contributed by atoms with Gasteiger partial charge >= 0.3 is 0 Å². The summed E-state index contributed by atoms with van der Waals surface area (Å²) in [6.07, 6.45) is 1.34. The molecule has 1 saturated heterocycles. The van der Waals surface area contributed by atoms with E-state index in [-0.39, 0.29) is 0 Å². The highest BCUT2D eigenvalue weighted by Gasteiger charge is 2.29. The van der Waals surface area contributed by atoms with Gasteiger partial charge in [0.1, 0.15) is 4.64 Å². The van der Waals surface area contributed by atoms with E-state index in [1.165, 1.54) is 12.1 Å². The van der Waals surface area contributed by atoms with Crippen molar-refractivity contribution in [3.05, 3.63) is 28.5 Å². The van der Waals surface area contributed by atoms with E-state index in [2.05, 4.69) is 22.0 Å². The maximum atomic E-state index is 5.36. The third-order valence-corrected chi connectivity index (χ3v) is 3.74. The summed E-state index contributed by atoms with van der Waals surface area (Å²) in [7, 11) is 0. The van der Waals surface area contributed by atoms with Crippen LogP contribution in [0.1, 0.15) is 18.0 Å². The fraction of sp³-hybridized carbons (Fsp3) is 0.545. The van der Waals surface area contributed by atoms with Gasteiger partial charge in [-0.1, -0.05) is 18.3 Å². The van der Waals surface area contributed by atoms with Gasteiger partial charge in [0.05, 0.1) is 0 Å². The molecule has 2 aliphatic heterocycles. The van der Waals surface area contributed by atoms with Gasteiger partial charge in [0.2, 0.25) is 0 Å². The molecule has 3 heterocycles. The van der Waals surface area contributed by atoms with Crippen LogP contribution in [0.3, 0.4) is 0 Å². The summed E-state index contributed by atoms with van der Waals surface area (Å²) in [5, 5.41) is 3.50. The number of pyridine rings is 1. The van der Waals surface area contributed by atoms with Gasteiger partial charge in [-0.25, -0.2) is 0 Å². The monoisotopic (exact) mass is 206 g/mol. The van der Waals surface area contributed by atoms with Crippen LogP contribution in [0.5, 0.6) is 0 Å². The number of rotatable bonds is 0. The Balaban J connectivity index is 2.15. The van der Waals surface area contributed by atoms with E-state index in [1.54, 1.807) is 0 Å². The van der Waals surface area contributed by atoms with Crippen molar-refractivity contribution in [2.75, 3.05) is 13.1 Å². The zero-order valence-electron chi connectivity index (χ0n) is 8.07. The van der Waals surface area contributed by atoms with Crippen molar-refractivity contribution in [3.63, 3.8) is 0 Å². The van der Waals surface area contributed by atoms with E-state index in [4.69, 9.17) is 12.2 Å². The lowest BCUT2D eigenvalue weighted by Crippen LogP contribution is -2.42. The molecule has 0 saturated carbocycles. The Labute approximate surface area is 88.9 Å². The van der Waals surface area contributed by atoms with Crippen molar-refractivity contribution < 1.29 is 0 Å². The molecule has 2 bridgehead atoms. The topological polar surface area (TPSA) is 17.0 Å². The number of piperidine rings is 1. The summed E-state index contributed by atoms with van der Waals surface area (Å²) < 4.78 is 3.33. The van der Waals surface area contributed by atoms with Crippen molar-refractivity contribution in [1.29, 1.82) is 0 Å². The van der Waals surface area contributed by atoms with Crippen LogP contribution in [-0.2, 0) is 6.54 Å². The molecule has 2 atom stereocenters. The number of hydrogen-bond acceptors (Lipinski definition) is 2. The van der Waals surface area contributed by atoms with Crippen molar-refractivity contribution in [3.8, 4) is 0 Å². The van der Waals surface area contributed by atoms with Gasteiger partial charge in [-0.05, 0) is 31.0 Å². The van der Waals surface area contributed by atoms with Crippen LogP contribution in [0.15, 0.2) is 18.2 Å². The molecule has 0 spiro atoms. The minimum Gasteiger partial charge on any atom is -0.336 e. The van der Waals surface area contributed by atoms with Crippen LogP contribution in [0.2, 0.25) is 0 Å². The Bertz CT molecular complexity index is 410. The van der Waals surface area contributed by atoms with Crippen LogP contribution in [-0.4, -0.2) is 17.7 Å². The van der Waals surface area contributed by atoms with E-state index in [0.29, 0.717) is 5.92 Å². The van der Waals surface area contributed by atoms with Gasteiger partial charge in [0.15, 0.2) is 0 Å². The Morgan fingerprint density at radius 3 is 3.21 bits per heavy atom. The maximum Gasteiger partial charge on any atom is 0.106 e. The highest BCUT2D eigenvalue weighted by molar-refractivity contribution is 7.71. The van der Waals surface area contributed by atoms with Crippen molar-refractivity contribution in [2.45, 2.75) is 18.9 Å². The molecule has 0 aliphatic carbocycles. The summed E-state index contributed by atoms with van der Waals surface area (Å²) in [5.74, 6) is 1.47. The molecule has 1 aromatic rings. The minimum absolute atomic E-state index is 0.686. The predicted molar refractivity (Wildman–Crippen MR) is 59.0 cm³/mol. The smallest absolute Gasteiger partial charge is 0.106 e. The summed E-state index contributed by atoms with van der Waals surface area (Å²) in [6, 6.07) is 6.35. The molecule has 1 aromatic heterocycles. The molecular formula is C11H14N2S. The number of nitrogens with zero attached hydrogens (tertiary/aromatic N) is 1. The molecular weight excluding hydrogens is 192 g/mol. The summed E-state index contributed by atoms with van der Waals surface area (Å²) >= 11 is 5.36. The first-order valence-corrected chi connectivity index (χ1v) is 5.66. The maximum absolute atomic E-state index is 5.36. The Hall–Kier alpha value is -0.670. The Morgan fingerprint density at radius 2 is 2.29 bits per heavy atom. The highest BCUT2D eigenvalue weighted by atomic mass is 32.1. The molecule has 3 heteroatoms. The second-order valence-corrected chi connectivity index (χ2v) is 4.77. The van der Waals surface area contributed by atoms with Crippen LogP contribution in [0.25, 0.3) is 0 Å². The lowest BCUT2D eigenvalue weighted by Gasteiger charge is -2.37. The largest absolute Gasteiger partial charge is 0.336 e. The van der Waals surface area contributed by atoms with Gasteiger partial charge in [-0.15, -0.1) is 0 Å². The lowest BCUT2D eigenvalue weighted by atomic mass is 9.84. The fourth-order valence-electron chi connectivity index (χ4n) is 2.74. The van der Waals surface area contributed by atoms with E-state index in [9.17, 15) is 0 Å². The SMILES string of the molecule is S=c1cccc2n1CC1CNCC2C1.